The number of anilines is 1. The number of amides is 1. The van der Waals surface area contributed by atoms with Crippen molar-refractivity contribution in [2.45, 2.75) is 31.0 Å². The van der Waals surface area contributed by atoms with Crippen LogP contribution >= 0.6 is 0 Å². The molecule has 7 nitrogen and oxygen atoms in total. The van der Waals surface area contributed by atoms with Gasteiger partial charge < -0.3 is 14.4 Å². The van der Waals surface area contributed by atoms with Crippen molar-refractivity contribution < 1.29 is 22.1 Å². The van der Waals surface area contributed by atoms with Gasteiger partial charge in [-0.3, -0.25) is 4.79 Å². The second-order valence-electron chi connectivity index (χ2n) is 7.64. The lowest BCUT2D eigenvalue weighted by Crippen LogP contribution is -2.23. The summed E-state index contributed by atoms with van der Waals surface area (Å²) in [5, 5.41) is 6.62. The molecule has 160 valence electrons. The molecular weight excluding hydrogens is 420 g/mol. The fourth-order valence-electron chi connectivity index (χ4n) is 3.64. The van der Waals surface area contributed by atoms with Crippen molar-refractivity contribution in [3.63, 3.8) is 0 Å². The van der Waals surface area contributed by atoms with Gasteiger partial charge in [0.15, 0.2) is 15.7 Å². The molecule has 0 bridgehead atoms. The van der Waals surface area contributed by atoms with Gasteiger partial charge in [0.25, 0.3) is 0 Å². The minimum absolute atomic E-state index is 0.0788. The van der Waals surface area contributed by atoms with Gasteiger partial charge in [0.2, 0.25) is 5.91 Å². The van der Waals surface area contributed by atoms with Gasteiger partial charge in [-0.1, -0.05) is 41.0 Å². The highest BCUT2D eigenvalue weighted by atomic mass is 32.2. The maximum atomic E-state index is 13.7. The largest absolute Gasteiger partial charge is 0.360 e. The lowest BCUT2D eigenvalue weighted by Gasteiger charge is -2.16. The second kappa shape index (κ2) is 8.18. The molecule has 0 saturated heterocycles. The van der Waals surface area contributed by atoms with Crippen LogP contribution in [-0.4, -0.2) is 43.8 Å². The van der Waals surface area contributed by atoms with E-state index in [2.05, 4.69) is 10.5 Å². The first-order chi connectivity index (χ1) is 14.7. The van der Waals surface area contributed by atoms with E-state index in [4.69, 9.17) is 4.52 Å². The number of sulfone groups is 1. The van der Waals surface area contributed by atoms with E-state index in [1.54, 1.807) is 39.2 Å². The number of rotatable bonds is 6. The van der Waals surface area contributed by atoms with E-state index in [-0.39, 0.29) is 10.7 Å². The van der Waals surface area contributed by atoms with E-state index in [9.17, 15) is 17.6 Å². The lowest BCUT2D eigenvalue weighted by atomic mass is 9.84. The quantitative estimate of drug-likeness (QED) is 0.594. The number of para-hydroxylation sites is 1. The Labute approximate surface area is 179 Å². The first-order valence-corrected chi connectivity index (χ1v) is 11.4. The van der Waals surface area contributed by atoms with Crippen LogP contribution in [0.2, 0.25) is 0 Å². The van der Waals surface area contributed by atoms with Gasteiger partial charge in [0.1, 0.15) is 25.5 Å². The van der Waals surface area contributed by atoms with Crippen molar-refractivity contribution >= 4 is 40.3 Å². The van der Waals surface area contributed by atoms with Crippen LogP contribution in [0, 0.1) is 6.92 Å². The third kappa shape index (κ3) is 4.48. The van der Waals surface area contributed by atoms with Crippen LogP contribution in [-0.2, 0) is 21.2 Å². The number of carbonyl (C=O) groups excluding carboxylic acids is 1. The summed E-state index contributed by atoms with van der Waals surface area (Å²) in [6.07, 6.45) is 4.49. The first kappa shape index (κ1) is 21.1. The van der Waals surface area contributed by atoms with E-state index in [1.807, 2.05) is 22.8 Å². The number of nitrogens with zero attached hydrogens (tertiary/aromatic N) is 2. The molecule has 31 heavy (non-hydrogen) atoms. The summed E-state index contributed by atoms with van der Waals surface area (Å²) >= 11 is 0. The van der Waals surface area contributed by atoms with Crippen LogP contribution in [0.25, 0.3) is 10.9 Å². The number of hydrogen-bond donors (Lipinski definition) is 1. The van der Waals surface area contributed by atoms with E-state index in [0.717, 1.165) is 11.1 Å². The van der Waals surface area contributed by atoms with Gasteiger partial charge >= 0.3 is 0 Å². The molecule has 0 saturated carbocycles. The number of allylic oxidation sites excluding steroid dienone is 4. The van der Waals surface area contributed by atoms with Crippen LogP contribution in [0.1, 0.15) is 12.2 Å². The minimum Gasteiger partial charge on any atom is -0.360 e. The lowest BCUT2D eigenvalue weighted by molar-refractivity contribution is -0.113. The Bertz CT molecular complexity index is 1320. The Balaban J connectivity index is 1.62. The summed E-state index contributed by atoms with van der Waals surface area (Å²) in [6.45, 7) is 2.07. The van der Waals surface area contributed by atoms with Crippen molar-refractivity contribution in [2.75, 3.05) is 11.1 Å². The summed E-state index contributed by atoms with van der Waals surface area (Å²) < 4.78 is 46.5. The Kier molecular flexibility index (Phi) is 5.57. The molecule has 2 heterocycles. The van der Waals surface area contributed by atoms with Gasteiger partial charge in [-0.15, -0.1) is 0 Å². The van der Waals surface area contributed by atoms with Crippen LogP contribution in [0.15, 0.2) is 69.1 Å². The fourth-order valence-corrected chi connectivity index (χ4v) is 5.00. The third-order valence-electron chi connectivity index (χ3n) is 5.15. The molecule has 1 aliphatic rings. The number of carbonyl (C=O) groups is 1. The molecule has 1 atom stereocenters. The standard InChI is InChI=1S/C21H21BFN3O4S/c1-13-8-20(25-30-13)24-21(27)12-31(28,29)19-11-26(18-5-3-2-4-15(18)19)10-14-6-7-17(23)16(22)9-14/h2-6,8-9,11,17H,7,10,12,22H2,1H3,(H,24,25,27). The summed E-state index contributed by atoms with van der Waals surface area (Å²) in [6, 6.07) is 8.62. The second-order valence-corrected chi connectivity index (χ2v) is 9.60. The third-order valence-corrected chi connectivity index (χ3v) is 6.79. The number of nitrogens with one attached hydrogen (secondary N) is 1. The van der Waals surface area contributed by atoms with Gasteiger partial charge in [-0.25, -0.2) is 12.8 Å². The maximum Gasteiger partial charge on any atom is 0.241 e. The smallest absolute Gasteiger partial charge is 0.241 e. The summed E-state index contributed by atoms with van der Waals surface area (Å²) in [5.41, 5.74) is 2.29. The topological polar surface area (TPSA) is 94.2 Å². The summed E-state index contributed by atoms with van der Waals surface area (Å²) in [7, 11) is -2.18. The summed E-state index contributed by atoms with van der Waals surface area (Å²) in [5.74, 6) is -0.759. The number of hydrogen-bond acceptors (Lipinski definition) is 5. The summed E-state index contributed by atoms with van der Waals surface area (Å²) in [4.78, 5) is 12.4. The molecule has 2 aromatic heterocycles. The normalized spacial score (nSPS) is 16.8. The predicted molar refractivity (Wildman–Crippen MR) is 118 cm³/mol. The van der Waals surface area contributed by atoms with Crippen LogP contribution in [0.5, 0.6) is 0 Å². The van der Waals surface area contributed by atoms with Crippen LogP contribution < -0.4 is 5.32 Å². The van der Waals surface area contributed by atoms with E-state index < -0.39 is 27.7 Å². The van der Waals surface area contributed by atoms with Crippen molar-refractivity contribution in [3.05, 3.63) is 65.5 Å². The number of aryl methyl sites for hydroxylation is 1. The average Bonchev–Trinajstić information content (AvgIpc) is 3.28. The molecule has 1 aliphatic carbocycles. The number of benzene rings is 1. The SMILES string of the molecule is BC1=CC(Cn2cc(S(=O)(=O)CC(=O)Nc3cc(C)on3)c3ccccc32)=CCC1F. The predicted octanol–water partition coefficient (Wildman–Crippen LogP) is 2.54. The molecular formula is C21H21BFN3O4S. The van der Waals surface area contributed by atoms with Crippen LogP contribution in [0.4, 0.5) is 10.2 Å². The molecule has 0 spiro atoms. The van der Waals surface area contributed by atoms with Crippen molar-refractivity contribution in [2.24, 2.45) is 0 Å². The average molecular weight is 441 g/mol. The monoisotopic (exact) mass is 441 g/mol. The molecule has 1 aromatic carbocycles. The Morgan fingerprint density at radius 3 is 2.87 bits per heavy atom. The van der Waals surface area contributed by atoms with E-state index >= 15 is 0 Å². The van der Waals surface area contributed by atoms with Gasteiger partial charge in [-0.2, -0.15) is 0 Å². The minimum atomic E-state index is -3.93. The van der Waals surface area contributed by atoms with E-state index in [0.29, 0.717) is 29.6 Å². The van der Waals surface area contributed by atoms with Gasteiger partial charge in [-0.05, 0) is 18.6 Å². The molecule has 1 N–H and O–H groups in total. The maximum absolute atomic E-state index is 13.7. The van der Waals surface area contributed by atoms with Gasteiger partial charge in [0.05, 0.1) is 4.90 Å². The molecule has 3 aromatic rings. The number of halogens is 1. The highest BCUT2D eigenvalue weighted by molar-refractivity contribution is 7.92. The number of alkyl halides is 1. The Morgan fingerprint density at radius 2 is 2.16 bits per heavy atom. The molecule has 1 unspecified atom stereocenters. The highest BCUT2D eigenvalue weighted by Crippen LogP contribution is 2.28. The molecule has 4 rings (SSSR count). The first-order valence-electron chi connectivity index (χ1n) is 9.78. The van der Waals surface area contributed by atoms with Crippen molar-refractivity contribution in [1.29, 1.82) is 0 Å². The molecule has 10 heteroatoms. The molecule has 0 radical (unpaired) electrons. The number of aromatic nitrogens is 2. The van der Waals surface area contributed by atoms with Gasteiger partial charge in [0, 0.05) is 36.1 Å². The highest BCUT2D eigenvalue weighted by Gasteiger charge is 2.25. The van der Waals surface area contributed by atoms with Crippen LogP contribution in [0.3, 0.4) is 0 Å². The Hall–Kier alpha value is -3.14. The zero-order valence-electron chi connectivity index (χ0n) is 17.1. The zero-order chi connectivity index (χ0) is 22.2. The van der Waals surface area contributed by atoms with Crippen molar-refractivity contribution in [3.8, 4) is 0 Å². The molecule has 0 aliphatic heterocycles. The Morgan fingerprint density at radius 1 is 1.39 bits per heavy atom. The van der Waals surface area contributed by atoms with E-state index in [1.165, 1.54) is 6.07 Å². The molecule has 1 amide bonds. The number of fused-ring (bicyclic) bond motifs is 1. The molecule has 0 fully saturated rings. The van der Waals surface area contributed by atoms with Crippen molar-refractivity contribution in [1.82, 2.24) is 9.72 Å². The fraction of sp³-hybridized carbons (Fsp3) is 0.238. The zero-order valence-corrected chi connectivity index (χ0v) is 17.9.